The maximum atomic E-state index is 11.4. The summed E-state index contributed by atoms with van der Waals surface area (Å²) in [6.45, 7) is 11.0. The molecule has 0 aromatic carbocycles. The molecule has 0 spiro atoms. The van der Waals surface area contributed by atoms with Gasteiger partial charge in [-0.3, -0.25) is 4.99 Å². The van der Waals surface area contributed by atoms with E-state index in [1.807, 2.05) is 0 Å². The summed E-state index contributed by atoms with van der Waals surface area (Å²) in [5.41, 5.74) is -0.121. The summed E-state index contributed by atoms with van der Waals surface area (Å²) < 4.78 is 22.7. The van der Waals surface area contributed by atoms with Crippen LogP contribution in [0.15, 0.2) is 4.99 Å². The molecule has 26 heavy (non-hydrogen) atoms. The van der Waals surface area contributed by atoms with Gasteiger partial charge >= 0.3 is 0 Å². The van der Waals surface area contributed by atoms with Crippen LogP contribution in [0.1, 0.15) is 66.2 Å². The molecule has 1 aliphatic carbocycles. The number of sulfone groups is 1. The van der Waals surface area contributed by atoms with Gasteiger partial charge in [0.1, 0.15) is 9.84 Å². The van der Waals surface area contributed by atoms with Crippen molar-refractivity contribution >= 4 is 39.8 Å². The van der Waals surface area contributed by atoms with Gasteiger partial charge in [0.2, 0.25) is 0 Å². The second-order valence-corrected chi connectivity index (χ2v) is 10.9. The molecule has 1 rings (SSSR count). The summed E-state index contributed by atoms with van der Waals surface area (Å²) in [6, 6.07) is 0. The lowest BCUT2D eigenvalue weighted by Gasteiger charge is -2.27. The van der Waals surface area contributed by atoms with Crippen molar-refractivity contribution in [3.8, 4) is 0 Å². The summed E-state index contributed by atoms with van der Waals surface area (Å²) in [6.07, 6.45) is 8.60. The molecular weight excluding hydrogens is 461 g/mol. The van der Waals surface area contributed by atoms with Crippen LogP contribution in [0.2, 0.25) is 0 Å². The highest BCUT2D eigenvalue weighted by Gasteiger charge is 2.21. The van der Waals surface area contributed by atoms with Crippen molar-refractivity contribution in [3.63, 3.8) is 0 Å². The van der Waals surface area contributed by atoms with Crippen molar-refractivity contribution < 1.29 is 8.42 Å². The third kappa shape index (κ3) is 12.4. The molecule has 1 fully saturated rings. The summed E-state index contributed by atoms with van der Waals surface area (Å²) in [7, 11) is -2.92. The Balaban J connectivity index is 0.00000625. The minimum Gasteiger partial charge on any atom is -0.357 e. The molecule has 2 N–H and O–H groups in total. The van der Waals surface area contributed by atoms with Gasteiger partial charge in [-0.15, -0.1) is 24.0 Å². The minimum atomic E-state index is -2.92. The molecule has 2 atom stereocenters. The van der Waals surface area contributed by atoms with Crippen molar-refractivity contribution in [1.29, 1.82) is 0 Å². The first-order chi connectivity index (χ1) is 11.6. The van der Waals surface area contributed by atoms with E-state index < -0.39 is 9.84 Å². The molecule has 0 aromatic heterocycles. The normalized spacial score (nSPS) is 21.8. The van der Waals surface area contributed by atoms with E-state index in [4.69, 9.17) is 0 Å². The summed E-state index contributed by atoms with van der Waals surface area (Å²) in [5.74, 6) is 2.78. The van der Waals surface area contributed by atoms with Crippen LogP contribution in [-0.2, 0) is 9.84 Å². The molecule has 1 aliphatic rings. The summed E-state index contributed by atoms with van der Waals surface area (Å²) in [5, 5.41) is 6.74. The zero-order valence-corrected chi connectivity index (χ0v) is 20.5. The fourth-order valence-electron chi connectivity index (χ4n) is 3.39. The van der Waals surface area contributed by atoms with E-state index in [2.05, 4.69) is 43.3 Å². The van der Waals surface area contributed by atoms with Gasteiger partial charge in [-0.25, -0.2) is 8.42 Å². The van der Waals surface area contributed by atoms with Crippen LogP contribution in [0.4, 0.5) is 0 Å². The number of aliphatic imine (C=N–C) groups is 1. The standard InChI is InChI=1S/C19H39N3O2S.HI/c1-6-20-18(21-12-10-17-9-7-8-16(2)14-17)22-15-19(3,4)11-13-25(5,23)24;/h16-17H,6-15H2,1-5H3,(H2,20,21,22);1H. The third-order valence-corrected chi connectivity index (χ3v) is 5.99. The highest BCUT2D eigenvalue weighted by molar-refractivity contribution is 14.0. The van der Waals surface area contributed by atoms with E-state index in [1.165, 1.54) is 38.4 Å². The molecular formula is C19H40IN3O2S. The van der Waals surface area contributed by atoms with Gasteiger partial charge in [0.05, 0.1) is 5.75 Å². The van der Waals surface area contributed by atoms with Gasteiger partial charge in [0.25, 0.3) is 0 Å². The smallest absolute Gasteiger partial charge is 0.191 e. The van der Waals surface area contributed by atoms with Gasteiger partial charge in [0, 0.05) is 25.9 Å². The van der Waals surface area contributed by atoms with Crippen LogP contribution >= 0.6 is 24.0 Å². The summed E-state index contributed by atoms with van der Waals surface area (Å²) in [4.78, 5) is 4.68. The molecule has 0 aromatic rings. The number of halogens is 1. The molecule has 0 heterocycles. The van der Waals surface area contributed by atoms with Crippen LogP contribution in [0.3, 0.4) is 0 Å². The first kappa shape index (κ1) is 26.0. The topological polar surface area (TPSA) is 70.6 Å². The Morgan fingerprint density at radius 2 is 1.92 bits per heavy atom. The van der Waals surface area contributed by atoms with E-state index in [0.717, 1.165) is 30.9 Å². The Morgan fingerprint density at radius 3 is 2.50 bits per heavy atom. The molecule has 0 amide bonds. The van der Waals surface area contributed by atoms with Crippen LogP contribution < -0.4 is 10.6 Å². The summed E-state index contributed by atoms with van der Waals surface area (Å²) >= 11 is 0. The lowest BCUT2D eigenvalue weighted by atomic mass is 9.81. The predicted octanol–water partition coefficient (Wildman–Crippen LogP) is 3.84. The predicted molar refractivity (Wildman–Crippen MR) is 123 cm³/mol. The van der Waals surface area contributed by atoms with Crippen molar-refractivity contribution in [2.45, 2.75) is 66.2 Å². The SMILES string of the molecule is CCNC(=NCC(C)(C)CCS(C)(=O)=O)NCCC1CCCC(C)C1.I. The average molecular weight is 502 g/mol. The number of nitrogens with zero attached hydrogens (tertiary/aromatic N) is 1. The highest BCUT2D eigenvalue weighted by atomic mass is 127. The Morgan fingerprint density at radius 1 is 1.23 bits per heavy atom. The van der Waals surface area contributed by atoms with Crippen LogP contribution in [0, 0.1) is 17.3 Å². The van der Waals surface area contributed by atoms with Crippen LogP contribution in [0.5, 0.6) is 0 Å². The van der Waals surface area contributed by atoms with Gasteiger partial charge in [-0.05, 0) is 43.4 Å². The molecule has 0 saturated heterocycles. The van der Waals surface area contributed by atoms with E-state index in [9.17, 15) is 8.42 Å². The second kappa shape index (κ2) is 12.4. The molecule has 2 unspecified atom stereocenters. The minimum absolute atomic E-state index is 0. The zero-order valence-electron chi connectivity index (χ0n) is 17.3. The third-order valence-electron chi connectivity index (χ3n) is 5.05. The molecule has 0 aliphatic heterocycles. The van der Waals surface area contributed by atoms with Gasteiger partial charge < -0.3 is 10.6 Å². The molecule has 156 valence electrons. The van der Waals surface area contributed by atoms with Crippen molar-refractivity contribution in [1.82, 2.24) is 10.6 Å². The van der Waals surface area contributed by atoms with Crippen molar-refractivity contribution in [2.75, 3.05) is 31.6 Å². The maximum absolute atomic E-state index is 11.4. The van der Waals surface area contributed by atoms with Gasteiger partial charge in [0.15, 0.2) is 5.96 Å². The maximum Gasteiger partial charge on any atom is 0.191 e. The van der Waals surface area contributed by atoms with Gasteiger partial charge in [-0.1, -0.05) is 40.0 Å². The zero-order chi connectivity index (χ0) is 18.9. The van der Waals surface area contributed by atoms with Crippen molar-refractivity contribution in [2.24, 2.45) is 22.2 Å². The molecule has 5 nitrogen and oxygen atoms in total. The van der Waals surface area contributed by atoms with Crippen molar-refractivity contribution in [3.05, 3.63) is 0 Å². The van der Waals surface area contributed by atoms with Crippen LogP contribution in [-0.4, -0.2) is 46.0 Å². The highest BCUT2D eigenvalue weighted by Crippen LogP contribution is 2.30. The number of hydrogen-bond donors (Lipinski definition) is 2. The number of hydrogen-bond acceptors (Lipinski definition) is 3. The monoisotopic (exact) mass is 501 g/mol. The Hall–Kier alpha value is -0.0500. The quantitative estimate of drug-likeness (QED) is 0.286. The first-order valence-corrected chi connectivity index (χ1v) is 11.9. The van der Waals surface area contributed by atoms with E-state index in [-0.39, 0.29) is 35.1 Å². The lowest BCUT2D eigenvalue weighted by Crippen LogP contribution is -2.39. The van der Waals surface area contributed by atoms with Gasteiger partial charge in [-0.2, -0.15) is 0 Å². The molecule has 1 saturated carbocycles. The number of nitrogens with one attached hydrogen (secondary N) is 2. The number of rotatable bonds is 9. The average Bonchev–Trinajstić information content (AvgIpc) is 2.50. The fourth-order valence-corrected chi connectivity index (χ4v) is 4.32. The largest absolute Gasteiger partial charge is 0.357 e. The van der Waals surface area contributed by atoms with E-state index in [1.54, 1.807) is 0 Å². The molecule has 7 heteroatoms. The fraction of sp³-hybridized carbons (Fsp3) is 0.947. The first-order valence-electron chi connectivity index (χ1n) is 9.81. The Kier molecular flexibility index (Phi) is 12.4. The molecule has 0 bridgehead atoms. The number of guanidine groups is 1. The lowest BCUT2D eigenvalue weighted by molar-refractivity contribution is 0.270. The Labute approximate surface area is 178 Å². The Bertz CT molecular complexity index is 521. The van der Waals surface area contributed by atoms with E-state index in [0.29, 0.717) is 13.0 Å². The van der Waals surface area contributed by atoms with Crippen LogP contribution in [0.25, 0.3) is 0 Å². The second-order valence-electron chi connectivity index (χ2n) is 8.59. The van der Waals surface area contributed by atoms with E-state index >= 15 is 0 Å². The molecule has 0 radical (unpaired) electrons.